The zero-order valence-electron chi connectivity index (χ0n) is 14.0. The molecule has 0 aromatic heterocycles. The summed E-state index contributed by atoms with van der Waals surface area (Å²) in [5.74, 6) is 0.867. The van der Waals surface area contributed by atoms with E-state index < -0.39 is 0 Å². The average molecular weight is 372 g/mol. The number of para-hydroxylation sites is 1. The Morgan fingerprint density at radius 2 is 1.96 bits per heavy atom. The second-order valence-electron chi connectivity index (χ2n) is 5.46. The molecule has 0 aliphatic carbocycles. The standard InChI is InChI=1S/C17H25N3O2S.ClH/c1-2-9-18-10-11-19-16(21)7-8-17(22)20-12-13-23-15-6-4-3-5-14(15)20;/h3-6,18H,2,7-13H2,1H3,(H,19,21);1H. The van der Waals surface area contributed by atoms with Gasteiger partial charge in [0.2, 0.25) is 11.8 Å². The van der Waals surface area contributed by atoms with Crippen molar-refractivity contribution in [1.29, 1.82) is 0 Å². The van der Waals surface area contributed by atoms with E-state index in [1.54, 1.807) is 11.8 Å². The summed E-state index contributed by atoms with van der Waals surface area (Å²) in [7, 11) is 0. The highest BCUT2D eigenvalue weighted by molar-refractivity contribution is 7.99. The number of amides is 2. The number of halogens is 1. The van der Waals surface area contributed by atoms with Crippen LogP contribution in [-0.4, -0.2) is 43.7 Å². The Labute approximate surface area is 154 Å². The minimum atomic E-state index is -0.0590. The number of anilines is 1. The van der Waals surface area contributed by atoms with Crippen molar-refractivity contribution in [1.82, 2.24) is 10.6 Å². The van der Waals surface area contributed by atoms with Gasteiger partial charge in [0.1, 0.15) is 0 Å². The van der Waals surface area contributed by atoms with Gasteiger partial charge in [0.15, 0.2) is 0 Å². The zero-order chi connectivity index (χ0) is 16.5. The van der Waals surface area contributed by atoms with Crippen molar-refractivity contribution < 1.29 is 9.59 Å². The van der Waals surface area contributed by atoms with Crippen molar-refractivity contribution in [3.8, 4) is 0 Å². The predicted octanol–water partition coefficient (Wildman–Crippen LogP) is 2.44. The van der Waals surface area contributed by atoms with E-state index in [1.165, 1.54) is 0 Å². The Kier molecular flexibility index (Phi) is 9.83. The number of carbonyl (C=O) groups is 2. The van der Waals surface area contributed by atoms with Crippen LogP contribution in [0, 0.1) is 0 Å². The highest BCUT2D eigenvalue weighted by Gasteiger charge is 2.22. The van der Waals surface area contributed by atoms with Gasteiger partial charge in [0.25, 0.3) is 0 Å². The molecule has 134 valence electrons. The van der Waals surface area contributed by atoms with Gasteiger partial charge in [-0.1, -0.05) is 19.1 Å². The summed E-state index contributed by atoms with van der Waals surface area (Å²) in [5.41, 5.74) is 0.970. The molecule has 2 rings (SSSR count). The van der Waals surface area contributed by atoms with Crippen molar-refractivity contribution in [2.75, 3.05) is 36.8 Å². The number of carbonyl (C=O) groups excluding carboxylic acids is 2. The van der Waals surface area contributed by atoms with Crippen molar-refractivity contribution in [2.24, 2.45) is 0 Å². The smallest absolute Gasteiger partial charge is 0.227 e. The quantitative estimate of drug-likeness (QED) is 0.689. The van der Waals surface area contributed by atoms with Crippen LogP contribution in [0.15, 0.2) is 29.2 Å². The first-order valence-corrected chi connectivity index (χ1v) is 9.20. The maximum absolute atomic E-state index is 12.4. The van der Waals surface area contributed by atoms with Gasteiger partial charge in [-0.05, 0) is 25.1 Å². The third kappa shape index (κ3) is 6.34. The Morgan fingerprint density at radius 3 is 2.75 bits per heavy atom. The lowest BCUT2D eigenvalue weighted by atomic mass is 10.2. The molecular formula is C17H26ClN3O2S. The monoisotopic (exact) mass is 371 g/mol. The molecule has 0 spiro atoms. The summed E-state index contributed by atoms with van der Waals surface area (Å²) in [4.78, 5) is 27.1. The lowest BCUT2D eigenvalue weighted by Gasteiger charge is -2.29. The number of thioether (sulfide) groups is 1. The van der Waals surface area contributed by atoms with E-state index in [2.05, 4.69) is 17.6 Å². The van der Waals surface area contributed by atoms with Crippen molar-refractivity contribution in [3.63, 3.8) is 0 Å². The van der Waals surface area contributed by atoms with E-state index in [9.17, 15) is 9.59 Å². The van der Waals surface area contributed by atoms with Crippen molar-refractivity contribution in [3.05, 3.63) is 24.3 Å². The number of rotatable bonds is 8. The minimum Gasteiger partial charge on any atom is -0.355 e. The van der Waals surface area contributed by atoms with Crippen LogP contribution in [-0.2, 0) is 9.59 Å². The van der Waals surface area contributed by atoms with Crippen LogP contribution in [0.2, 0.25) is 0 Å². The second kappa shape index (κ2) is 11.3. The summed E-state index contributed by atoms with van der Waals surface area (Å²) in [6.07, 6.45) is 1.59. The van der Waals surface area contributed by atoms with Crippen LogP contribution in [0.4, 0.5) is 5.69 Å². The molecular weight excluding hydrogens is 346 g/mol. The normalized spacial score (nSPS) is 13.0. The summed E-state index contributed by atoms with van der Waals surface area (Å²) in [5, 5.41) is 6.07. The molecule has 0 bridgehead atoms. The fraction of sp³-hybridized carbons (Fsp3) is 0.529. The van der Waals surface area contributed by atoms with E-state index >= 15 is 0 Å². The molecule has 24 heavy (non-hydrogen) atoms. The van der Waals surface area contributed by atoms with Crippen molar-refractivity contribution in [2.45, 2.75) is 31.1 Å². The van der Waals surface area contributed by atoms with Gasteiger partial charge in [-0.3, -0.25) is 9.59 Å². The molecule has 2 amide bonds. The van der Waals surface area contributed by atoms with E-state index in [1.807, 2.05) is 29.2 Å². The summed E-state index contributed by atoms with van der Waals surface area (Å²) < 4.78 is 0. The second-order valence-corrected chi connectivity index (χ2v) is 6.60. The highest BCUT2D eigenvalue weighted by atomic mass is 35.5. The first-order valence-electron chi connectivity index (χ1n) is 8.22. The van der Waals surface area contributed by atoms with Crippen LogP contribution in [0.25, 0.3) is 0 Å². The van der Waals surface area contributed by atoms with Crippen molar-refractivity contribution >= 4 is 41.7 Å². The molecule has 0 fully saturated rings. The Morgan fingerprint density at radius 1 is 1.17 bits per heavy atom. The third-order valence-corrected chi connectivity index (χ3v) is 4.69. The molecule has 0 saturated carbocycles. The van der Waals surface area contributed by atoms with Crippen LogP contribution in [0.1, 0.15) is 26.2 Å². The van der Waals surface area contributed by atoms with Crippen LogP contribution in [0.5, 0.6) is 0 Å². The average Bonchev–Trinajstić information content (AvgIpc) is 2.59. The molecule has 1 heterocycles. The molecule has 1 aromatic rings. The molecule has 2 N–H and O–H groups in total. The first kappa shape index (κ1) is 20.8. The van der Waals surface area contributed by atoms with Crippen LogP contribution >= 0.6 is 24.2 Å². The lowest BCUT2D eigenvalue weighted by Crippen LogP contribution is -2.37. The SMILES string of the molecule is CCCNCCNC(=O)CCC(=O)N1CCSc2ccccc21.Cl. The number of benzene rings is 1. The zero-order valence-corrected chi connectivity index (χ0v) is 15.7. The predicted molar refractivity (Wildman–Crippen MR) is 102 cm³/mol. The first-order chi connectivity index (χ1) is 11.2. The number of hydrogen-bond donors (Lipinski definition) is 2. The Bertz CT molecular complexity index is 542. The van der Waals surface area contributed by atoms with Gasteiger partial charge in [0, 0.05) is 43.1 Å². The Hall–Kier alpha value is -1.24. The molecule has 7 heteroatoms. The maximum Gasteiger partial charge on any atom is 0.227 e. The topological polar surface area (TPSA) is 61.4 Å². The van der Waals surface area contributed by atoms with Crippen LogP contribution in [0.3, 0.4) is 0 Å². The molecule has 1 aliphatic rings. The molecule has 5 nitrogen and oxygen atoms in total. The van der Waals surface area contributed by atoms with E-state index in [0.717, 1.165) is 35.8 Å². The fourth-order valence-electron chi connectivity index (χ4n) is 2.46. The van der Waals surface area contributed by atoms with E-state index in [0.29, 0.717) is 13.1 Å². The summed E-state index contributed by atoms with van der Waals surface area (Å²) >= 11 is 1.77. The summed E-state index contributed by atoms with van der Waals surface area (Å²) in [6, 6.07) is 7.94. The molecule has 1 aliphatic heterocycles. The highest BCUT2D eigenvalue weighted by Crippen LogP contribution is 2.34. The molecule has 0 saturated heterocycles. The number of nitrogens with zero attached hydrogens (tertiary/aromatic N) is 1. The third-order valence-electron chi connectivity index (χ3n) is 3.65. The number of nitrogens with one attached hydrogen (secondary N) is 2. The van der Waals surface area contributed by atoms with Gasteiger partial charge in [-0.2, -0.15) is 0 Å². The molecule has 1 aromatic carbocycles. The summed E-state index contributed by atoms with van der Waals surface area (Å²) in [6.45, 7) is 5.15. The van der Waals surface area contributed by atoms with Gasteiger partial charge >= 0.3 is 0 Å². The number of fused-ring (bicyclic) bond motifs is 1. The van der Waals surface area contributed by atoms with E-state index in [4.69, 9.17) is 0 Å². The maximum atomic E-state index is 12.4. The molecule has 0 radical (unpaired) electrons. The molecule has 0 unspecified atom stereocenters. The van der Waals surface area contributed by atoms with Gasteiger partial charge in [0.05, 0.1) is 5.69 Å². The van der Waals surface area contributed by atoms with Gasteiger partial charge in [-0.25, -0.2) is 0 Å². The van der Waals surface area contributed by atoms with Gasteiger partial charge < -0.3 is 15.5 Å². The lowest BCUT2D eigenvalue weighted by molar-refractivity contribution is -0.125. The fourth-order valence-corrected chi connectivity index (χ4v) is 3.46. The van der Waals surface area contributed by atoms with Crippen LogP contribution < -0.4 is 15.5 Å². The van der Waals surface area contributed by atoms with Gasteiger partial charge in [-0.15, -0.1) is 24.2 Å². The minimum absolute atomic E-state index is 0. The molecule has 0 atom stereocenters. The van der Waals surface area contributed by atoms with E-state index in [-0.39, 0.29) is 37.1 Å². The largest absolute Gasteiger partial charge is 0.355 e. The number of hydrogen-bond acceptors (Lipinski definition) is 4. The Balaban J connectivity index is 0.00000288.